The first-order valence-electron chi connectivity index (χ1n) is 8.53. The van der Waals surface area contributed by atoms with Crippen molar-refractivity contribution in [2.24, 2.45) is 11.8 Å². The molecule has 0 radical (unpaired) electrons. The first kappa shape index (κ1) is 13.9. The van der Waals surface area contributed by atoms with E-state index in [4.69, 9.17) is 4.74 Å². The van der Waals surface area contributed by atoms with Crippen LogP contribution in [0.15, 0.2) is 0 Å². The standard InChI is InChI=1S/C17H31NO/c1-14(2)12-17(9-5-10-18-17)15-6-11-19-16(13-15)7-3-4-8-16/h14-15,18H,3-13H2,1-2H3. The van der Waals surface area contributed by atoms with Crippen molar-refractivity contribution < 1.29 is 4.74 Å². The second-order valence-corrected chi connectivity index (χ2v) is 7.71. The van der Waals surface area contributed by atoms with Crippen LogP contribution in [0.1, 0.15) is 71.6 Å². The Morgan fingerprint density at radius 2 is 1.95 bits per heavy atom. The molecule has 1 N–H and O–H groups in total. The third-order valence-electron chi connectivity index (χ3n) is 5.84. The van der Waals surface area contributed by atoms with Gasteiger partial charge in [0.05, 0.1) is 5.60 Å². The minimum atomic E-state index is 0.275. The van der Waals surface area contributed by atoms with Crippen molar-refractivity contribution in [1.82, 2.24) is 5.32 Å². The summed E-state index contributed by atoms with van der Waals surface area (Å²) in [6, 6.07) is 0. The fraction of sp³-hybridized carbons (Fsp3) is 1.00. The van der Waals surface area contributed by atoms with Crippen LogP contribution in [-0.2, 0) is 4.74 Å². The third kappa shape index (κ3) is 2.71. The second-order valence-electron chi connectivity index (χ2n) is 7.71. The van der Waals surface area contributed by atoms with Crippen molar-refractivity contribution in [2.45, 2.75) is 82.8 Å². The zero-order valence-electron chi connectivity index (χ0n) is 12.8. The van der Waals surface area contributed by atoms with Crippen LogP contribution in [0.3, 0.4) is 0 Å². The van der Waals surface area contributed by atoms with E-state index in [2.05, 4.69) is 19.2 Å². The highest BCUT2D eigenvalue weighted by molar-refractivity contribution is 5.04. The molecular formula is C17H31NO. The zero-order valence-corrected chi connectivity index (χ0v) is 12.8. The van der Waals surface area contributed by atoms with E-state index in [-0.39, 0.29) is 5.60 Å². The molecule has 0 aromatic rings. The van der Waals surface area contributed by atoms with Gasteiger partial charge in [-0.2, -0.15) is 0 Å². The predicted octanol–water partition coefficient (Wildman–Crippen LogP) is 3.89. The Bertz CT molecular complexity index is 300. The van der Waals surface area contributed by atoms with Crippen LogP contribution in [0.5, 0.6) is 0 Å². The van der Waals surface area contributed by atoms with Gasteiger partial charge in [0.2, 0.25) is 0 Å². The van der Waals surface area contributed by atoms with Crippen molar-refractivity contribution in [3.05, 3.63) is 0 Å². The van der Waals surface area contributed by atoms with Gasteiger partial charge in [-0.15, -0.1) is 0 Å². The summed E-state index contributed by atoms with van der Waals surface area (Å²) >= 11 is 0. The molecule has 2 aliphatic heterocycles. The van der Waals surface area contributed by atoms with E-state index >= 15 is 0 Å². The van der Waals surface area contributed by atoms with E-state index in [1.165, 1.54) is 64.3 Å². The summed E-state index contributed by atoms with van der Waals surface area (Å²) in [5.74, 6) is 1.65. The quantitative estimate of drug-likeness (QED) is 0.836. The highest BCUT2D eigenvalue weighted by Gasteiger charge is 2.48. The van der Waals surface area contributed by atoms with Gasteiger partial charge in [-0.25, -0.2) is 0 Å². The first-order chi connectivity index (χ1) is 9.14. The number of hydrogen-bond acceptors (Lipinski definition) is 2. The maximum Gasteiger partial charge on any atom is 0.0685 e. The summed E-state index contributed by atoms with van der Waals surface area (Å²) in [5, 5.41) is 3.92. The Kier molecular flexibility index (Phi) is 3.92. The summed E-state index contributed by atoms with van der Waals surface area (Å²) in [6.07, 6.45) is 12.1. The molecule has 1 saturated carbocycles. The Balaban J connectivity index is 1.74. The summed E-state index contributed by atoms with van der Waals surface area (Å²) in [7, 11) is 0. The Hall–Kier alpha value is -0.0800. The molecule has 1 aliphatic carbocycles. The molecule has 1 spiro atoms. The van der Waals surface area contributed by atoms with E-state index in [9.17, 15) is 0 Å². The van der Waals surface area contributed by atoms with Crippen LogP contribution in [0.2, 0.25) is 0 Å². The molecule has 3 fully saturated rings. The summed E-state index contributed by atoms with van der Waals surface area (Å²) < 4.78 is 6.24. The largest absolute Gasteiger partial charge is 0.375 e. The lowest BCUT2D eigenvalue weighted by atomic mass is 9.69. The van der Waals surface area contributed by atoms with Crippen LogP contribution in [0, 0.1) is 11.8 Å². The smallest absolute Gasteiger partial charge is 0.0685 e. The molecule has 110 valence electrons. The monoisotopic (exact) mass is 265 g/mol. The zero-order chi connectivity index (χ0) is 13.3. The van der Waals surface area contributed by atoms with E-state index in [0.717, 1.165) is 18.4 Å². The van der Waals surface area contributed by atoms with E-state index < -0.39 is 0 Å². The van der Waals surface area contributed by atoms with Crippen LogP contribution < -0.4 is 5.32 Å². The summed E-state index contributed by atoms with van der Waals surface area (Å²) in [4.78, 5) is 0. The van der Waals surface area contributed by atoms with Crippen molar-refractivity contribution in [1.29, 1.82) is 0 Å². The predicted molar refractivity (Wildman–Crippen MR) is 79.3 cm³/mol. The average molecular weight is 265 g/mol. The maximum atomic E-state index is 6.24. The van der Waals surface area contributed by atoms with Crippen molar-refractivity contribution in [2.75, 3.05) is 13.2 Å². The Morgan fingerprint density at radius 1 is 1.16 bits per heavy atom. The molecule has 2 nitrogen and oxygen atoms in total. The van der Waals surface area contributed by atoms with Gasteiger partial charge in [-0.1, -0.05) is 26.7 Å². The molecule has 19 heavy (non-hydrogen) atoms. The molecule has 2 heteroatoms. The Morgan fingerprint density at radius 3 is 2.58 bits per heavy atom. The number of nitrogens with one attached hydrogen (secondary N) is 1. The highest BCUT2D eigenvalue weighted by atomic mass is 16.5. The Labute approximate surface area is 118 Å². The normalized spacial score (nSPS) is 38.4. The van der Waals surface area contributed by atoms with Crippen molar-refractivity contribution in [3.8, 4) is 0 Å². The van der Waals surface area contributed by atoms with Crippen molar-refractivity contribution in [3.63, 3.8) is 0 Å². The molecule has 0 bridgehead atoms. The minimum Gasteiger partial charge on any atom is -0.375 e. The van der Waals surface area contributed by atoms with Crippen LogP contribution in [0.4, 0.5) is 0 Å². The number of ether oxygens (including phenoxy) is 1. The molecule has 3 aliphatic rings. The first-order valence-corrected chi connectivity index (χ1v) is 8.53. The van der Waals surface area contributed by atoms with Gasteiger partial charge >= 0.3 is 0 Å². The van der Waals surface area contributed by atoms with Gasteiger partial charge in [0.15, 0.2) is 0 Å². The molecule has 0 aromatic carbocycles. The molecule has 0 aromatic heterocycles. The maximum absolute atomic E-state index is 6.24. The second kappa shape index (κ2) is 5.37. The lowest BCUT2D eigenvalue weighted by molar-refractivity contribution is -0.108. The molecule has 3 rings (SSSR count). The molecule has 2 heterocycles. The van der Waals surface area contributed by atoms with Crippen LogP contribution >= 0.6 is 0 Å². The number of rotatable bonds is 3. The third-order valence-corrected chi connectivity index (χ3v) is 5.84. The number of hydrogen-bond donors (Lipinski definition) is 1. The molecule has 2 saturated heterocycles. The highest BCUT2D eigenvalue weighted by Crippen LogP contribution is 2.48. The van der Waals surface area contributed by atoms with Gasteiger partial charge in [-0.05, 0) is 63.3 Å². The fourth-order valence-corrected chi connectivity index (χ4v) is 5.11. The van der Waals surface area contributed by atoms with Gasteiger partial charge in [0.25, 0.3) is 0 Å². The SMILES string of the molecule is CC(C)CC1(C2CCOC3(CCCC3)C2)CCCN1. The lowest BCUT2D eigenvalue weighted by Crippen LogP contribution is -2.53. The average Bonchev–Trinajstić information content (AvgIpc) is 3.00. The van der Waals surface area contributed by atoms with E-state index in [1.807, 2.05) is 0 Å². The van der Waals surface area contributed by atoms with Crippen molar-refractivity contribution >= 4 is 0 Å². The van der Waals surface area contributed by atoms with Gasteiger partial charge in [0.1, 0.15) is 0 Å². The van der Waals surface area contributed by atoms with Crippen LogP contribution in [0.25, 0.3) is 0 Å². The van der Waals surface area contributed by atoms with E-state index in [1.54, 1.807) is 0 Å². The molecule has 0 amide bonds. The molecular weight excluding hydrogens is 234 g/mol. The van der Waals surface area contributed by atoms with Crippen LogP contribution in [-0.4, -0.2) is 24.3 Å². The van der Waals surface area contributed by atoms with Gasteiger partial charge in [0, 0.05) is 12.1 Å². The van der Waals surface area contributed by atoms with Gasteiger partial charge in [-0.3, -0.25) is 0 Å². The fourth-order valence-electron chi connectivity index (χ4n) is 5.11. The summed E-state index contributed by atoms with van der Waals surface area (Å²) in [5.41, 5.74) is 0.713. The van der Waals surface area contributed by atoms with Gasteiger partial charge < -0.3 is 10.1 Å². The lowest BCUT2D eigenvalue weighted by Gasteiger charge is -2.47. The summed E-state index contributed by atoms with van der Waals surface area (Å²) in [6.45, 7) is 7.00. The topological polar surface area (TPSA) is 21.3 Å². The molecule has 2 atom stereocenters. The molecule has 2 unspecified atom stereocenters. The minimum absolute atomic E-state index is 0.275. The van der Waals surface area contributed by atoms with E-state index in [0.29, 0.717) is 5.54 Å².